The van der Waals surface area contributed by atoms with Crippen LogP contribution in [0.4, 0.5) is 5.69 Å². The van der Waals surface area contributed by atoms with Crippen LogP contribution in [-0.4, -0.2) is 43.5 Å². The second-order valence-corrected chi connectivity index (χ2v) is 7.25. The van der Waals surface area contributed by atoms with Crippen molar-refractivity contribution in [3.63, 3.8) is 0 Å². The average molecular weight is 298 g/mol. The molecule has 1 unspecified atom stereocenters. The third-order valence-electron chi connectivity index (χ3n) is 3.22. The summed E-state index contributed by atoms with van der Waals surface area (Å²) >= 11 is 0. The Kier molecular flexibility index (Phi) is 4.29. The number of phenols is 1. The van der Waals surface area contributed by atoms with E-state index in [1.54, 1.807) is 19.1 Å². The molecule has 7 heteroatoms. The summed E-state index contributed by atoms with van der Waals surface area (Å²) in [6.45, 7) is 2.16. The number of rotatable bonds is 3. The summed E-state index contributed by atoms with van der Waals surface area (Å²) in [7, 11) is -3.04. The van der Waals surface area contributed by atoms with E-state index in [-0.39, 0.29) is 35.6 Å². The zero-order chi connectivity index (χ0) is 14.8. The number of nitrogens with one attached hydrogen (secondary N) is 2. The SMILES string of the molecule is Cc1cc(O)ccc1NC(=O)CC1CS(=O)(=O)CCN1. The third kappa shape index (κ3) is 3.94. The quantitative estimate of drug-likeness (QED) is 0.703. The van der Waals surface area contributed by atoms with Crippen LogP contribution in [0.5, 0.6) is 5.75 Å². The van der Waals surface area contributed by atoms with Crippen molar-refractivity contribution in [1.29, 1.82) is 0 Å². The van der Waals surface area contributed by atoms with Gasteiger partial charge < -0.3 is 15.7 Å². The Morgan fingerprint density at radius 1 is 1.50 bits per heavy atom. The van der Waals surface area contributed by atoms with E-state index in [1.807, 2.05) is 0 Å². The number of carbonyl (C=O) groups is 1. The molecular formula is C13H18N2O4S. The van der Waals surface area contributed by atoms with Crippen molar-refractivity contribution in [3.05, 3.63) is 23.8 Å². The van der Waals surface area contributed by atoms with Crippen LogP contribution >= 0.6 is 0 Å². The molecule has 1 fully saturated rings. The van der Waals surface area contributed by atoms with Gasteiger partial charge in [0, 0.05) is 24.7 Å². The lowest BCUT2D eigenvalue weighted by molar-refractivity contribution is -0.116. The molecule has 1 amide bonds. The lowest BCUT2D eigenvalue weighted by Crippen LogP contribution is -2.46. The van der Waals surface area contributed by atoms with Gasteiger partial charge in [0.05, 0.1) is 11.5 Å². The molecule has 2 rings (SSSR count). The fourth-order valence-electron chi connectivity index (χ4n) is 2.21. The molecule has 3 N–H and O–H groups in total. The maximum Gasteiger partial charge on any atom is 0.225 e. The maximum absolute atomic E-state index is 11.9. The van der Waals surface area contributed by atoms with Gasteiger partial charge in [0.15, 0.2) is 9.84 Å². The van der Waals surface area contributed by atoms with Crippen LogP contribution in [0.1, 0.15) is 12.0 Å². The number of benzene rings is 1. The molecule has 0 spiro atoms. The van der Waals surface area contributed by atoms with Gasteiger partial charge in [-0.2, -0.15) is 0 Å². The maximum atomic E-state index is 11.9. The van der Waals surface area contributed by atoms with Crippen LogP contribution < -0.4 is 10.6 Å². The van der Waals surface area contributed by atoms with E-state index in [0.717, 1.165) is 5.56 Å². The summed E-state index contributed by atoms with van der Waals surface area (Å²) in [5.74, 6) is 0.0193. The summed E-state index contributed by atoms with van der Waals surface area (Å²) in [4.78, 5) is 11.9. The highest BCUT2D eigenvalue weighted by Crippen LogP contribution is 2.20. The number of amides is 1. The Bertz CT molecular complexity index is 613. The topological polar surface area (TPSA) is 95.5 Å². The summed E-state index contributed by atoms with van der Waals surface area (Å²) in [5, 5.41) is 15.1. The van der Waals surface area contributed by atoms with E-state index in [2.05, 4.69) is 10.6 Å². The van der Waals surface area contributed by atoms with E-state index in [0.29, 0.717) is 12.2 Å². The lowest BCUT2D eigenvalue weighted by atomic mass is 10.1. The molecular weight excluding hydrogens is 280 g/mol. The van der Waals surface area contributed by atoms with Gasteiger partial charge >= 0.3 is 0 Å². The Balaban J connectivity index is 1.95. The van der Waals surface area contributed by atoms with Crippen molar-refractivity contribution in [2.75, 3.05) is 23.4 Å². The van der Waals surface area contributed by atoms with Crippen LogP contribution in [0, 0.1) is 6.92 Å². The largest absolute Gasteiger partial charge is 0.508 e. The Morgan fingerprint density at radius 3 is 2.90 bits per heavy atom. The van der Waals surface area contributed by atoms with E-state index in [1.165, 1.54) is 6.07 Å². The number of hydrogen-bond acceptors (Lipinski definition) is 5. The highest BCUT2D eigenvalue weighted by molar-refractivity contribution is 7.91. The second-order valence-electron chi connectivity index (χ2n) is 5.02. The first-order valence-electron chi connectivity index (χ1n) is 6.39. The van der Waals surface area contributed by atoms with Crippen molar-refractivity contribution < 1.29 is 18.3 Å². The van der Waals surface area contributed by atoms with Gasteiger partial charge in [0.25, 0.3) is 0 Å². The summed E-state index contributed by atoms with van der Waals surface area (Å²) in [6, 6.07) is 4.32. The van der Waals surface area contributed by atoms with Gasteiger partial charge in [-0.1, -0.05) is 0 Å². The number of carbonyl (C=O) groups excluding carboxylic acids is 1. The third-order valence-corrected chi connectivity index (χ3v) is 4.95. The molecule has 1 aliphatic rings. The van der Waals surface area contributed by atoms with Gasteiger partial charge in [-0.05, 0) is 30.7 Å². The van der Waals surface area contributed by atoms with Gasteiger partial charge in [-0.25, -0.2) is 8.42 Å². The van der Waals surface area contributed by atoms with Gasteiger partial charge in [-0.3, -0.25) is 4.79 Å². The monoisotopic (exact) mass is 298 g/mol. The summed E-state index contributed by atoms with van der Waals surface area (Å²) < 4.78 is 23.0. The smallest absolute Gasteiger partial charge is 0.225 e. The molecule has 1 aromatic carbocycles. The van der Waals surface area contributed by atoms with E-state index < -0.39 is 9.84 Å². The fraction of sp³-hybridized carbons (Fsp3) is 0.462. The molecule has 0 aliphatic carbocycles. The Labute approximate surface area is 118 Å². The average Bonchev–Trinajstić information content (AvgIpc) is 2.31. The van der Waals surface area contributed by atoms with Crippen molar-refractivity contribution >= 4 is 21.4 Å². The minimum Gasteiger partial charge on any atom is -0.508 e. The molecule has 1 saturated heterocycles. The molecule has 110 valence electrons. The van der Waals surface area contributed by atoms with Crippen molar-refractivity contribution in [2.45, 2.75) is 19.4 Å². The van der Waals surface area contributed by atoms with E-state index in [4.69, 9.17) is 0 Å². The van der Waals surface area contributed by atoms with Crippen LogP contribution in [-0.2, 0) is 14.6 Å². The minimum absolute atomic E-state index is 0.00498. The first kappa shape index (κ1) is 14.8. The van der Waals surface area contributed by atoms with Gasteiger partial charge in [0.1, 0.15) is 5.75 Å². The van der Waals surface area contributed by atoms with Crippen LogP contribution in [0.2, 0.25) is 0 Å². The Morgan fingerprint density at radius 2 is 2.25 bits per heavy atom. The highest BCUT2D eigenvalue weighted by atomic mass is 32.2. The molecule has 1 aromatic rings. The second kappa shape index (κ2) is 5.80. The zero-order valence-electron chi connectivity index (χ0n) is 11.2. The molecule has 1 aliphatic heterocycles. The van der Waals surface area contributed by atoms with Crippen LogP contribution in [0.25, 0.3) is 0 Å². The van der Waals surface area contributed by atoms with Gasteiger partial charge in [0.2, 0.25) is 5.91 Å². The summed E-state index contributed by atoms with van der Waals surface area (Å²) in [6.07, 6.45) is 0.111. The van der Waals surface area contributed by atoms with Crippen molar-refractivity contribution in [2.24, 2.45) is 0 Å². The summed E-state index contributed by atoms with van der Waals surface area (Å²) in [5.41, 5.74) is 1.37. The van der Waals surface area contributed by atoms with Crippen molar-refractivity contribution in [3.8, 4) is 5.75 Å². The molecule has 0 saturated carbocycles. The number of aryl methyl sites for hydroxylation is 1. The Hall–Kier alpha value is -1.60. The molecule has 20 heavy (non-hydrogen) atoms. The van der Waals surface area contributed by atoms with Gasteiger partial charge in [-0.15, -0.1) is 0 Å². The van der Waals surface area contributed by atoms with Crippen molar-refractivity contribution in [1.82, 2.24) is 5.32 Å². The predicted octanol–water partition coefficient (Wildman–Crippen LogP) is 0.416. The van der Waals surface area contributed by atoms with E-state index >= 15 is 0 Å². The standard InChI is InChI=1S/C13H18N2O4S/c1-9-6-11(16)2-3-12(9)15-13(17)7-10-8-20(18,19)5-4-14-10/h2-3,6,10,14,16H,4-5,7-8H2,1H3,(H,15,17). The number of anilines is 1. The number of hydrogen-bond donors (Lipinski definition) is 3. The normalized spacial score (nSPS) is 21.4. The first-order chi connectivity index (χ1) is 9.35. The molecule has 0 bridgehead atoms. The minimum atomic E-state index is -3.04. The lowest BCUT2D eigenvalue weighted by Gasteiger charge is -2.23. The first-order valence-corrected chi connectivity index (χ1v) is 8.21. The molecule has 0 radical (unpaired) electrons. The predicted molar refractivity (Wildman–Crippen MR) is 76.5 cm³/mol. The molecule has 1 atom stereocenters. The number of phenolic OH excluding ortho intramolecular Hbond substituents is 1. The van der Waals surface area contributed by atoms with Crippen LogP contribution in [0.15, 0.2) is 18.2 Å². The number of sulfone groups is 1. The molecule has 0 aromatic heterocycles. The fourth-order valence-corrected chi connectivity index (χ4v) is 3.66. The zero-order valence-corrected chi connectivity index (χ0v) is 12.0. The highest BCUT2D eigenvalue weighted by Gasteiger charge is 2.26. The molecule has 6 nitrogen and oxygen atoms in total. The van der Waals surface area contributed by atoms with Crippen LogP contribution in [0.3, 0.4) is 0 Å². The number of aromatic hydroxyl groups is 1. The van der Waals surface area contributed by atoms with E-state index in [9.17, 15) is 18.3 Å². The molecule has 1 heterocycles.